The SMILES string of the molecule is Cc1ccc(C(=O)Nc2ccc(Cl)cn2)cc1C. The van der Waals surface area contributed by atoms with Crippen LogP contribution < -0.4 is 5.32 Å². The van der Waals surface area contributed by atoms with Crippen molar-refractivity contribution < 1.29 is 4.79 Å². The first-order chi connectivity index (χ1) is 8.56. The van der Waals surface area contributed by atoms with E-state index >= 15 is 0 Å². The number of aryl methyl sites for hydroxylation is 2. The molecule has 0 aliphatic carbocycles. The normalized spacial score (nSPS) is 10.2. The summed E-state index contributed by atoms with van der Waals surface area (Å²) < 4.78 is 0. The molecule has 0 bridgehead atoms. The number of amides is 1. The van der Waals surface area contributed by atoms with Crippen molar-refractivity contribution in [3.05, 3.63) is 58.2 Å². The van der Waals surface area contributed by atoms with Crippen LogP contribution in [-0.4, -0.2) is 10.9 Å². The van der Waals surface area contributed by atoms with Gasteiger partial charge in [-0.3, -0.25) is 4.79 Å². The number of nitrogens with one attached hydrogen (secondary N) is 1. The Hall–Kier alpha value is -1.87. The van der Waals surface area contributed by atoms with Gasteiger partial charge in [-0.1, -0.05) is 17.7 Å². The summed E-state index contributed by atoms with van der Waals surface area (Å²) in [4.78, 5) is 16.0. The number of carbonyl (C=O) groups excluding carboxylic acids is 1. The molecular weight excluding hydrogens is 248 g/mol. The predicted molar refractivity (Wildman–Crippen MR) is 73.1 cm³/mol. The lowest BCUT2D eigenvalue weighted by Gasteiger charge is -2.06. The molecule has 0 unspecified atom stereocenters. The van der Waals surface area contributed by atoms with E-state index in [1.165, 1.54) is 6.20 Å². The first-order valence-electron chi connectivity index (χ1n) is 5.56. The van der Waals surface area contributed by atoms with Gasteiger partial charge in [0.15, 0.2) is 0 Å². The Morgan fingerprint density at radius 3 is 2.56 bits per heavy atom. The maximum atomic E-state index is 12.0. The van der Waals surface area contributed by atoms with E-state index in [1.807, 2.05) is 26.0 Å². The van der Waals surface area contributed by atoms with E-state index in [9.17, 15) is 4.79 Å². The smallest absolute Gasteiger partial charge is 0.256 e. The fourth-order valence-corrected chi connectivity index (χ4v) is 1.63. The third kappa shape index (κ3) is 2.87. The molecule has 92 valence electrons. The van der Waals surface area contributed by atoms with Crippen LogP contribution in [0.4, 0.5) is 5.82 Å². The molecule has 2 rings (SSSR count). The lowest BCUT2D eigenvalue weighted by Crippen LogP contribution is -2.13. The van der Waals surface area contributed by atoms with Crippen LogP contribution >= 0.6 is 11.6 Å². The molecule has 0 fully saturated rings. The van der Waals surface area contributed by atoms with Crippen molar-refractivity contribution in [1.29, 1.82) is 0 Å². The number of carbonyl (C=O) groups is 1. The van der Waals surface area contributed by atoms with Crippen LogP contribution in [0.3, 0.4) is 0 Å². The minimum absolute atomic E-state index is 0.173. The maximum Gasteiger partial charge on any atom is 0.256 e. The first kappa shape index (κ1) is 12.6. The van der Waals surface area contributed by atoms with E-state index in [2.05, 4.69) is 10.3 Å². The van der Waals surface area contributed by atoms with Crippen molar-refractivity contribution in [2.24, 2.45) is 0 Å². The number of pyridine rings is 1. The third-order valence-corrected chi connectivity index (χ3v) is 2.96. The van der Waals surface area contributed by atoms with Crippen molar-refractivity contribution in [2.45, 2.75) is 13.8 Å². The van der Waals surface area contributed by atoms with E-state index in [0.29, 0.717) is 16.4 Å². The highest BCUT2D eigenvalue weighted by Crippen LogP contribution is 2.13. The molecule has 1 aromatic carbocycles. The highest BCUT2D eigenvalue weighted by atomic mass is 35.5. The number of benzene rings is 1. The molecule has 1 amide bonds. The standard InChI is InChI=1S/C14H13ClN2O/c1-9-3-4-11(7-10(9)2)14(18)17-13-6-5-12(15)8-16-13/h3-8H,1-2H3,(H,16,17,18). The second-order valence-electron chi connectivity index (χ2n) is 4.11. The summed E-state index contributed by atoms with van der Waals surface area (Å²) in [5.41, 5.74) is 2.87. The lowest BCUT2D eigenvalue weighted by molar-refractivity contribution is 0.102. The molecule has 1 heterocycles. The Morgan fingerprint density at radius 1 is 1.17 bits per heavy atom. The van der Waals surface area contributed by atoms with Gasteiger partial charge in [0.2, 0.25) is 0 Å². The molecule has 0 saturated heterocycles. The summed E-state index contributed by atoms with van der Waals surface area (Å²) in [6, 6.07) is 8.94. The number of anilines is 1. The Balaban J connectivity index is 2.16. The molecule has 4 heteroatoms. The molecule has 0 saturated carbocycles. The van der Waals surface area contributed by atoms with E-state index in [0.717, 1.165) is 11.1 Å². The van der Waals surface area contributed by atoms with Gasteiger partial charge in [0.25, 0.3) is 5.91 Å². The number of rotatable bonds is 2. The van der Waals surface area contributed by atoms with Gasteiger partial charge in [-0.05, 0) is 49.2 Å². The zero-order chi connectivity index (χ0) is 13.1. The number of hydrogen-bond donors (Lipinski definition) is 1. The molecule has 0 spiro atoms. The largest absolute Gasteiger partial charge is 0.307 e. The fourth-order valence-electron chi connectivity index (χ4n) is 1.52. The van der Waals surface area contributed by atoms with Gasteiger partial charge in [-0.2, -0.15) is 0 Å². The van der Waals surface area contributed by atoms with Crippen LogP contribution in [0.1, 0.15) is 21.5 Å². The number of nitrogens with zero attached hydrogens (tertiary/aromatic N) is 1. The Kier molecular flexibility index (Phi) is 3.63. The summed E-state index contributed by atoms with van der Waals surface area (Å²) in [7, 11) is 0. The van der Waals surface area contributed by atoms with Gasteiger partial charge >= 0.3 is 0 Å². The van der Waals surface area contributed by atoms with Crippen LogP contribution in [0.2, 0.25) is 5.02 Å². The van der Waals surface area contributed by atoms with Gasteiger partial charge in [0.1, 0.15) is 5.82 Å². The van der Waals surface area contributed by atoms with Crippen molar-refractivity contribution in [3.63, 3.8) is 0 Å². The average molecular weight is 261 g/mol. The molecule has 18 heavy (non-hydrogen) atoms. The minimum Gasteiger partial charge on any atom is -0.307 e. The number of halogens is 1. The molecule has 0 aliphatic heterocycles. The topological polar surface area (TPSA) is 42.0 Å². The van der Waals surface area contributed by atoms with Crippen LogP contribution in [0.15, 0.2) is 36.5 Å². The molecule has 1 aromatic heterocycles. The van der Waals surface area contributed by atoms with Crippen LogP contribution in [0, 0.1) is 13.8 Å². The van der Waals surface area contributed by atoms with Crippen LogP contribution in [0.5, 0.6) is 0 Å². The van der Waals surface area contributed by atoms with E-state index in [1.54, 1.807) is 18.2 Å². The lowest BCUT2D eigenvalue weighted by atomic mass is 10.1. The summed E-state index contributed by atoms with van der Waals surface area (Å²) in [5, 5.41) is 3.26. The van der Waals surface area contributed by atoms with Crippen molar-refractivity contribution >= 4 is 23.3 Å². The Labute approximate surface area is 111 Å². The summed E-state index contributed by atoms with van der Waals surface area (Å²) in [5.74, 6) is 0.315. The average Bonchev–Trinajstić information content (AvgIpc) is 2.35. The molecule has 0 radical (unpaired) electrons. The monoisotopic (exact) mass is 260 g/mol. The van der Waals surface area contributed by atoms with Gasteiger partial charge in [0.05, 0.1) is 5.02 Å². The first-order valence-corrected chi connectivity index (χ1v) is 5.94. The van der Waals surface area contributed by atoms with Gasteiger partial charge < -0.3 is 5.32 Å². The van der Waals surface area contributed by atoms with E-state index in [-0.39, 0.29) is 5.91 Å². The van der Waals surface area contributed by atoms with Crippen LogP contribution in [-0.2, 0) is 0 Å². The van der Waals surface area contributed by atoms with Gasteiger partial charge in [0, 0.05) is 11.8 Å². The highest BCUT2D eigenvalue weighted by molar-refractivity contribution is 6.30. The Morgan fingerprint density at radius 2 is 1.94 bits per heavy atom. The highest BCUT2D eigenvalue weighted by Gasteiger charge is 2.07. The van der Waals surface area contributed by atoms with Crippen molar-refractivity contribution in [3.8, 4) is 0 Å². The molecule has 2 aromatic rings. The summed E-state index contributed by atoms with van der Waals surface area (Å²) in [6.45, 7) is 3.99. The number of aromatic nitrogens is 1. The van der Waals surface area contributed by atoms with Gasteiger partial charge in [-0.15, -0.1) is 0 Å². The quantitative estimate of drug-likeness (QED) is 0.896. The Bertz CT molecular complexity index is 579. The summed E-state index contributed by atoms with van der Waals surface area (Å²) >= 11 is 5.73. The second-order valence-corrected chi connectivity index (χ2v) is 4.55. The van der Waals surface area contributed by atoms with E-state index < -0.39 is 0 Å². The second kappa shape index (κ2) is 5.19. The maximum absolute atomic E-state index is 12.0. The fraction of sp³-hybridized carbons (Fsp3) is 0.143. The van der Waals surface area contributed by atoms with E-state index in [4.69, 9.17) is 11.6 Å². The van der Waals surface area contributed by atoms with Crippen LogP contribution in [0.25, 0.3) is 0 Å². The van der Waals surface area contributed by atoms with Gasteiger partial charge in [-0.25, -0.2) is 4.98 Å². The van der Waals surface area contributed by atoms with Crippen molar-refractivity contribution in [1.82, 2.24) is 4.98 Å². The predicted octanol–water partition coefficient (Wildman–Crippen LogP) is 3.60. The molecule has 1 N–H and O–H groups in total. The minimum atomic E-state index is -0.173. The molecular formula is C14H13ClN2O. The third-order valence-electron chi connectivity index (χ3n) is 2.74. The van der Waals surface area contributed by atoms with Crippen molar-refractivity contribution in [2.75, 3.05) is 5.32 Å². The summed E-state index contributed by atoms with van der Waals surface area (Å²) in [6.07, 6.45) is 1.50. The molecule has 3 nitrogen and oxygen atoms in total. The molecule has 0 atom stereocenters. The zero-order valence-electron chi connectivity index (χ0n) is 10.2. The molecule has 0 aliphatic rings. The number of hydrogen-bond acceptors (Lipinski definition) is 2. The zero-order valence-corrected chi connectivity index (χ0v) is 11.0.